The fourth-order valence-electron chi connectivity index (χ4n) is 1.54. The topological polar surface area (TPSA) is 68.5 Å². The van der Waals surface area contributed by atoms with Gasteiger partial charge in [-0.05, 0) is 24.3 Å². The lowest BCUT2D eigenvalue weighted by Crippen LogP contribution is -2.30. The molecule has 20 heavy (non-hydrogen) atoms. The summed E-state index contributed by atoms with van der Waals surface area (Å²) in [5.74, 6) is -1.93. The molecule has 0 saturated carbocycles. The van der Waals surface area contributed by atoms with Crippen LogP contribution in [0, 0.1) is 5.82 Å². The lowest BCUT2D eigenvalue weighted by Gasteiger charge is -2.10. The molecule has 1 aromatic heterocycles. The van der Waals surface area contributed by atoms with E-state index in [1.807, 2.05) is 0 Å². The van der Waals surface area contributed by atoms with Crippen LogP contribution in [-0.4, -0.2) is 15.8 Å². The molecular weight excluding hydrogens is 289 g/mol. The SMILES string of the molecule is O=C(O)c1cccn(OCc2c(F)cccc2Cl)c1=O. The van der Waals surface area contributed by atoms with Crippen molar-refractivity contribution in [2.75, 3.05) is 0 Å². The summed E-state index contributed by atoms with van der Waals surface area (Å²) in [5.41, 5.74) is -1.19. The molecule has 0 fully saturated rings. The van der Waals surface area contributed by atoms with Gasteiger partial charge < -0.3 is 9.94 Å². The molecule has 0 unspecified atom stereocenters. The highest BCUT2D eigenvalue weighted by atomic mass is 35.5. The number of aromatic nitrogens is 1. The predicted octanol–water partition coefficient (Wildman–Crippen LogP) is 1.97. The fourth-order valence-corrected chi connectivity index (χ4v) is 1.76. The maximum Gasteiger partial charge on any atom is 0.341 e. The van der Waals surface area contributed by atoms with Crippen LogP contribution >= 0.6 is 11.6 Å². The first-order chi connectivity index (χ1) is 9.50. The van der Waals surface area contributed by atoms with Crippen LogP contribution in [0.4, 0.5) is 4.39 Å². The van der Waals surface area contributed by atoms with Crippen LogP contribution in [0.25, 0.3) is 0 Å². The molecule has 0 aliphatic rings. The molecule has 1 aromatic carbocycles. The maximum absolute atomic E-state index is 13.5. The number of aromatic carboxylic acids is 1. The van der Waals surface area contributed by atoms with Crippen molar-refractivity contribution in [3.63, 3.8) is 0 Å². The first-order valence-electron chi connectivity index (χ1n) is 5.52. The number of carboxylic acids is 1. The smallest absolute Gasteiger partial charge is 0.341 e. The summed E-state index contributed by atoms with van der Waals surface area (Å²) in [4.78, 5) is 27.6. The molecule has 104 valence electrons. The van der Waals surface area contributed by atoms with Gasteiger partial charge in [0.2, 0.25) is 0 Å². The zero-order chi connectivity index (χ0) is 14.7. The Morgan fingerprint density at radius 2 is 2.10 bits per heavy atom. The molecule has 2 rings (SSSR count). The zero-order valence-corrected chi connectivity index (χ0v) is 10.8. The van der Waals surface area contributed by atoms with Crippen LogP contribution < -0.4 is 10.4 Å². The highest BCUT2D eigenvalue weighted by molar-refractivity contribution is 6.31. The van der Waals surface area contributed by atoms with Crippen molar-refractivity contribution in [3.8, 4) is 0 Å². The summed E-state index contributed by atoms with van der Waals surface area (Å²) in [5, 5.41) is 8.97. The predicted molar refractivity (Wildman–Crippen MR) is 69.4 cm³/mol. The zero-order valence-electron chi connectivity index (χ0n) is 10.0. The summed E-state index contributed by atoms with van der Waals surface area (Å²) >= 11 is 5.82. The van der Waals surface area contributed by atoms with Crippen LogP contribution in [0.1, 0.15) is 15.9 Å². The van der Waals surface area contributed by atoms with Gasteiger partial charge in [-0.15, -0.1) is 0 Å². The van der Waals surface area contributed by atoms with E-state index in [2.05, 4.69) is 0 Å². The van der Waals surface area contributed by atoms with Crippen molar-refractivity contribution in [2.45, 2.75) is 6.61 Å². The van der Waals surface area contributed by atoms with E-state index >= 15 is 0 Å². The van der Waals surface area contributed by atoms with Crippen LogP contribution in [0.15, 0.2) is 41.3 Å². The molecule has 0 amide bonds. The molecule has 1 heterocycles. The number of benzene rings is 1. The minimum absolute atomic E-state index is 0.0850. The number of rotatable bonds is 4. The number of nitrogens with zero attached hydrogens (tertiary/aromatic N) is 1. The highest BCUT2D eigenvalue weighted by Crippen LogP contribution is 2.18. The van der Waals surface area contributed by atoms with Gasteiger partial charge in [-0.3, -0.25) is 4.79 Å². The molecular formula is C13H9ClFNO4. The molecule has 0 spiro atoms. The van der Waals surface area contributed by atoms with E-state index in [4.69, 9.17) is 21.5 Å². The monoisotopic (exact) mass is 297 g/mol. The molecule has 0 aliphatic heterocycles. The van der Waals surface area contributed by atoms with Gasteiger partial charge in [-0.25, -0.2) is 9.18 Å². The largest absolute Gasteiger partial charge is 0.477 e. The van der Waals surface area contributed by atoms with E-state index in [1.54, 1.807) is 0 Å². The van der Waals surface area contributed by atoms with Crippen molar-refractivity contribution < 1.29 is 19.1 Å². The Hall–Kier alpha value is -2.34. The number of carbonyl (C=O) groups is 1. The second kappa shape index (κ2) is 5.75. The number of halogens is 2. The van der Waals surface area contributed by atoms with Crippen molar-refractivity contribution in [1.29, 1.82) is 0 Å². The van der Waals surface area contributed by atoms with Crippen molar-refractivity contribution >= 4 is 17.6 Å². The Bertz CT molecular complexity index is 694. The van der Waals surface area contributed by atoms with E-state index in [0.717, 1.165) is 10.8 Å². The van der Waals surface area contributed by atoms with Crippen LogP contribution in [0.2, 0.25) is 5.02 Å². The Labute approximate surface area is 117 Å². The third-order valence-electron chi connectivity index (χ3n) is 2.55. The van der Waals surface area contributed by atoms with Gasteiger partial charge in [0, 0.05) is 11.8 Å². The summed E-state index contributed by atoms with van der Waals surface area (Å²) in [6, 6.07) is 6.63. The minimum Gasteiger partial charge on any atom is -0.477 e. The van der Waals surface area contributed by atoms with Crippen molar-refractivity contribution in [3.05, 3.63) is 68.8 Å². The molecule has 0 bridgehead atoms. The van der Waals surface area contributed by atoms with Crippen LogP contribution in [0.3, 0.4) is 0 Å². The molecule has 2 aromatic rings. The molecule has 5 nitrogen and oxygen atoms in total. The van der Waals surface area contributed by atoms with E-state index in [0.29, 0.717) is 0 Å². The second-order valence-electron chi connectivity index (χ2n) is 3.83. The van der Waals surface area contributed by atoms with Crippen molar-refractivity contribution in [2.24, 2.45) is 0 Å². The Morgan fingerprint density at radius 1 is 1.35 bits per heavy atom. The first-order valence-corrected chi connectivity index (χ1v) is 5.89. The fraction of sp³-hybridized carbons (Fsp3) is 0.0769. The van der Waals surface area contributed by atoms with Gasteiger partial charge in [-0.1, -0.05) is 17.7 Å². The van der Waals surface area contributed by atoms with Gasteiger partial charge in [0.05, 0.1) is 5.02 Å². The molecule has 0 radical (unpaired) electrons. The molecule has 0 atom stereocenters. The third-order valence-corrected chi connectivity index (χ3v) is 2.91. The van der Waals surface area contributed by atoms with E-state index in [9.17, 15) is 14.0 Å². The average Bonchev–Trinajstić information content (AvgIpc) is 2.39. The van der Waals surface area contributed by atoms with E-state index in [-0.39, 0.29) is 17.2 Å². The highest BCUT2D eigenvalue weighted by Gasteiger charge is 2.12. The lowest BCUT2D eigenvalue weighted by atomic mass is 10.2. The normalized spacial score (nSPS) is 10.3. The Morgan fingerprint density at radius 3 is 2.75 bits per heavy atom. The Kier molecular flexibility index (Phi) is 4.05. The standard InChI is InChI=1S/C13H9ClFNO4/c14-10-4-1-5-11(15)9(10)7-20-16-6-2-3-8(12(16)17)13(18)19/h1-6H,7H2,(H,18,19). The van der Waals surface area contributed by atoms with E-state index < -0.39 is 22.9 Å². The second-order valence-corrected chi connectivity index (χ2v) is 4.24. The molecule has 7 heteroatoms. The molecule has 0 aliphatic carbocycles. The Balaban J connectivity index is 2.26. The van der Waals surface area contributed by atoms with Crippen LogP contribution in [0.5, 0.6) is 0 Å². The summed E-state index contributed by atoms with van der Waals surface area (Å²) < 4.78 is 14.2. The first kappa shape index (κ1) is 14.1. The minimum atomic E-state index is -1.36. The third kappa shape index (κ3) is 2.80. The average molecular weight is 298 g/mol. The van der Waals surface area contributed by atoms with Gasteiger partial charge in [-0.2, -0.15) is 4.73 Å². The van der Waals surface area contributed by atoms with Crippen LogP contribution in [-0.2, 0) is 6.61 Å². The number of hydrogen-bond donors (Lipinski definition) is 1. The number of carboxylic acid groups (broad SMARTS) is 1. The van der Waals surface area contributed by atoms with E-state index in [1.165, 1.54) is 30.5 Å². The quantitative estimate of drug-likeness (QED) is 0.937. The summed E-state index contributed by atoms with van der Waals surface area (Å²) in [6.07, 6.45) is 1.24. The number of hydrogen-bond acceptors (Lipinski definition) is 3. The van der Waals surface area contributed by atoms with Gasteiger partial charge >= 0.3 is 5.97 Å². The maximum atomic E-state index is 13.5. The molecule has 1 N–H and O–H groups in total. The molecule has 0 saturated heterocycles. The van der Waals surface area contributed by atoms with Gasteiger partial charge in [0.25, 0.3) is 5.56 Å². The number of pyridine rings is 1. The van der Waals surface area contributed by atoms with Gasteiger partial charge in [0.1, 0.15) is 18.0 Å². The lowest BCUT2D eigenvalue weighted by molar-refractivity contribution is 0.0665. The summed E-state index contributed by atoms with van der Waals surface area (Å²) in [7, 11) is 0. The van der Waals surface area contributed by atoms with Crippen molar-refractivity contribution in [1.82, 2.24) is 4.73 Å². The summed E-state index contributed by atoms with van der Waals surface area (Å²) in [6.45, 7) is -0.297. The van der Waals surface area contributed by atoms with Gasteiger partial charge in [0.15, 0.2) is 0 Å².